The largest absolute Gasteiger partial charge is 0.468 e. The van der Waals surface area contributed by atoms with Gasteiger partial charge >= 0.3 is 5.97 Å². The molecule has 16 heavy (non-hydrogen) atoms. The highest BCUT2D eigenvalue weighted by Gasteiger charge is 2.14. The third-order valence-electron chi connectivity index (χ3n) is 2.20. The van der Waals surface area contributed by atoms with Crippen molar-refractivity contribution in [2.45, 2.75) is 19.5 Å². The van der Waals surface area contributed by atoms with Crippen molar-refractivity contribution in [3.05, 3.63) is 35.4 Å². The van der Waals surface area contributed by atoms with Crippen LogP contribution < -0.4 is 5.32 Å². The second-order valence-electron chi connectivity index (χ2n) is 3.33. The monoisotopic (exact) mass is 229 g/mol. The number of esters is 1. The summed E-state index contributed by atoms with van der Waals surface area (Å²) in [5.41, 5.74) is -0.0850. The van der Waals surface area contributed by atoms with Crippen LogP contribution in [0.15, 0.2) is 18.2 Å². The Kier molecular flexibility index (Phi) is 4.37. The number of ether oxygens (including phenoxy) is 1. The highest BCUT2D eigenvalue weighted by molar-refractivity contribution is 5.75. The van der Waals surface area contributed by atoms with Gasteiger partial charge in [-0.25, -0.2) is 8.78 Å². The van der Waals surface area contributed by atoms with Crippen molar-refractivity contribution in [3.63, 3.8) is 0 Å². The first-order chi connectivity index (χ1) is 7.56. The molecule has 0 radical (unpaired) electrons. The number of carbonyl (C=O) groups excluding carboxylic acids is 1. The van der Waals surface area contributed by atoms with Gasteiger partial charge in [-0.15, -0.1) is 0 Å². The molecule has 0 aliphatic carbocycles. The summed E-state index contributed by atoms with van der Waals surface area (Å²) in [7, 11) is 1.25. The zero-order chi connectivity index (χ0) is 12.1. The Morgan fingerprint density at radius 2 is 2.00 bits per heavy atom. The van der Waals surface area contributed by atoms with Crippen molar-refractivity contribution in [2.24, 2.45) is 0 Å². The Bertz CT molecular complexity index is 362. The van der Waals surface area contributed by atoms with E-state index in [0.29, 0.717) is 0 Å². The van der Waals surface area contributed by atoms with Gasteiger partial charge in [-0.1, -0.05) is 6.07 Å². The fourth-order valence-corrected chi connectivity index (χ4v) is 1.22. The van der Waals surface area contributed by atoms with Crippen LogP contribution in [0.4, 0.5) is 8.78 Å². The maximum absolute atomic E-state index is 13.2. The minimum absolute atomic E-state index is 0.0607. The highest BCUT2D eigenvalue weighted by Crippen LogP contribution is 2.11. The van der Waals surface area contributed by atoms with E-state index in [1.807, 2.05) is 0 Å². The number of methoxy groups -OCH3 is 1. The van der Waals surface area contributed by atoms with Crippen LogP contribution >= 0.6 is 0 Å². The minimum atomic E-state index is -0.635. The van der Waals surface area contributed by atoms with Gasteiger partial charge in [0.25, 0.3) is 0 Å². The van der Waals surface area contributed by atoms with Gasteiger partial charge in [0.15, 0.2) is 0 Å². The molecule has 0 amide bonds. The van der Waals surface area contributed by atoms with E-state index in [4.69, 9.17) is 0 Å². The summed E-state index contributed by atoms with van der Waals surface area (Å²) in [4.78, 5) is 11.0. The molecule has 0 aromatic heterocycles. The lowest BCUT2D eigenvalue weighted by Crippen LogP contribution is -2.34. The van der Waals surface area contributed by atoms with Gasteiger partial charge in [0, 0.05) is 12.1 Å². The molecular weight excluding hydrogens is 216 g/mol. The van der Waals surface area contributed by atoms with Gasteiger partial charge in [0.05, 0.1) is 7.11 Å². The second-order valence-corrected chi connectivity index (χ2v) is 3.33. The van der Waals surface area contributed by atoms with Crippen LogP contribution in [0.5, 0.6) is 0 Å². The predicted octanol–water partition coefficient (Wildman–Crippen LogP) is 1.62. The number of rotatable bonds is 4. The molecule has 1 atom stereocenters. The quantitative estimate of drug-likeness (QED) is 0.797. The predicted molar refractivity (Wildman–Crippen MR) is 54.7 cm³/mol. The van der Waals surface area contributed by atoms with E-state index < -0.39 is 23.6 Å². The van der Waals surface area contributed by atoms with Gasteiger partial charge in [-0.05, 0) is 19.1 Å². The number of hydrogen-bond acceptors (Lipinski definition) is 3. The molecule has 0 saturated carbocycles. The number of hydrogen-bond donors (Lipinski definition) is 1. The molecule has 0 saturated heterocycles. The van der Waals surface area contributed by atoms with E-state index >= 15 is 0 Å². The lowest BCUT2D eigenvalue weighted by atomic mass is 10.2. The summed E-state index contributed by atoms with van der Waals surface area (Å²) in [6, 6.07) is 3.02. The number of nitrogens with one attached hydrogen (secondary N) is 1. The zero-order valence-electron chi connectivity index (χ0n) is 9.09. The third-order valence-corrected chi connectivity index (χ3v) is 2.20. The van der Waals surface area contributed by atoms with E-state index in [1.165, 1.54) is 25.3 Å². The average molecular weight is 229 g/mol. The Morgan fingerprint density at radius 3 is 2.50 bits per heavy atom. The van der Waals surface area contributed by atoms with E-state index in [9.17, 15) is 13.6 Å². The van der Waals surface area contributed by atoms with Crippen molar-refractivity contribution >= 4 is 5.97 Å². The molecule has 1 aromatic carbocycles. The maximum atomic E-state index is 13.2. The molecule has 0 unspecified atom stereocenters. The van der Waals surface area contributed by atoms with Crippen LogP contribution in [0.3, 0.4) is 0 Å². The van der Waals surface area contributed by atoms with Crippen LogP contribution in [-0.2, 0) is 16.1 Å². The van der Waals surface area contributed by atoms with Crippen LogP contribution in [0, 0.1) is 11.6 Å². The number of carbonyl (C=O) groups is 1. The second kappa shape index (κ2) is 5.55. The number of benzene rings is 1. The summed E-state index contributed by atoms with van der Waals surface area (Å²) >= 11 is 0. The van der Waals surface area contributed by atoms with Crippen molar-refractivity contribution < 1.29 is 18.3 Å². The topological polar surface area (TPSA) is 38.3 Å². The van der Waals surface area contributed by atoms with E-state index in [0.717, 1.165) is 0 Å². The van der Waals surface area contributed by atoms with Gasteiger partial charge < -0.3 is 10.1 Å². The summed E-state index contributed by atoms with van der Waals surface area (Å²) in [6.07, 6.45) is 0. The molecule has 0 spiro atoms. The van der Waals surface area contributed by atoms with E-state index in [1.54, 1.807) is 6.92 Å². The average Bonchev–Trinajstić information content (AvgIpc) is 2.27. The zero-order valence-corrected chi connectivity index (χ0v) is 9.09. The molecule has 0 aliphatic rings. The van der Waals surface area contributed by atoms with E-state index in [2.05, 4.69) is 10.1 Å². The van der Waals surface area contributed by atoms with Crippen molar-refractivity contribution in [1.29, 1.82) is 0 Å². The first-order valence-electron chi connectivity index (χ1n) is 4.80. The lowest BCUT2D eigenvalue weighted by Gasteiger charge is -2.12. The van der Waals surface area contributed by atoms with Crippen molar-refractivity contribution in [2.75, 3.05) is 7.11 Å². The van der Waals surface area contributed by atoms with Gasteiger partial charge in [0.1, 0.15) is 17.7 Å². The molecule has 1 rings (SSSR count). The number of halogens is 2. The molecule has 0 fully saturated rings. The van der Waals surface area contributed by atoms with Gasteiger partial charge in [-0.2, -0.15) is 0 Å². The fraction of sp³-hybridized carbons (Fsp3) is 0.364. The van der Waals surface area contributed by atoms with E-state index in [-0.39, 0.29) is 12.1 Å². The Hall–Kier alpha value is -1.49. The molecule has 0 bridgehead atoms. The molecule has 3 nitrogen and oxygen atoms in total. The molecule has 1 N–H and O–H groups in total. The molecule has 0 heterocycles. The Morgan fingerprint density at radius 1 is 1.44 bits per heavy atom. The Labute approximate surface area is 92.4 Å². The normalized spacial score (nSPS) is 12.2. The molecular formula is C11H13F2NO2. The smallest absolute Gasteiger partial charge is 0.322 e. The highest BCUT2D eigenvalue weighted by atomic mass is 19.1. The van der Waals surface area contributed by atoms with Crippen LogP contribution in [-0.4, -0.2) is 19.1 Å². The minimum Gasteiger partial charge on any atom is -0.468 e. The standard InChI is InChI=1S/C11H13F2NO2/c1-7(11(15)16-2)14-6-8-9(12)4-3-5-10(8)13/h3-5,7,14H,6H2,1-2H3/t7-/m0/s1. The summed E-state index contributed by atoms with van der Waals surface area (Å²) in [5, 5.41) is 2.68. The van der Waals surface area contributed by atoms with Crippen LogP contribution in [0.1, 0.15) is 12.5 Å². The summed E-state index contributed by atoms with van der Waals surface area (Å²) < 4.78 is 30.8. The summed E-state index contributed by atoms with van der Waals surface area (Å²) in [6.45, 7) is 1.50. The third kappa shape index (κ3) is 3.00. The van der Waals surface area contributed by atoms with Gasteiger partial charge in [-0.3, -0.25) is 4.79 Å². The Balaban J connectivity index is 2.64. The first kappa shape index (κ1) is 12.6. The molecule has 5 heteroatoms. The first-order valence-corrected chi connectivity index (χ1v) is 4.80. The van der Waals surface area contributed by atoms with Crippen molar-refractivity contribution in [3.8, 4) is 0 Å². The SMILES string of the molecule is COC(=O)[C@H](C)NCc1c(F)cccc1F. The van der Waals surface area contributed by atoms with Crippen molar-refractivity contribution in [1.82, 2.24) is 5.32 Å². The van der Waals surface area contributed by atoms with Gasteiger partial charge in [0.2, 0.25) is 0 Å². The van der Waals surface area contributed by atoms with Crippen LogP contribution in [0.2, 0.25) is 0 Å². The molecule has 0 aliphatic heterocycles. The molecule has 1 aromatic rings. The summed E-state index contributed by atoms with van der Waals surface area (Å²) in [5.74, 6) is -1.74. The molecule has 88 valence electrons. The lowest BCUT2D eigenvalue weighted by molar-refractivity contribution is -0.142. The van der Waals surface area contributed by atoms with Crippen LogP contribution in [0.25, 0.3) is 0 Å². The fourth-order valence-electron chi connectivity index (χ4n) is 1.22. The maximum Gasteiger partial charge on any atom is 0.322 e.